The van der Waals surface area contributed by atoms with Crippen LogP contribution in [0.4, 0.5) is 0 Å². The minimum atomic E-state index is -0.977. The van der Waals surface area contributed by atoms with Gasteiger partial charge in [0.1, 0.15) is 5.75 Å². The molecule has 4 heteroatoms. The van der Waals surface area contributed by atoms with Crippen LogP contribution in [0.1, 0.15) is 5.56 Å². The number of carboxylic acid groups (broad SMARTS) is 1. The molecule has 16 heavy (non-hydrogen) atoms. The van der Waals surface area contributed by atoms with E-state index in [1.165, 1.54) is 0 Å². The highest BCUT2D eigenvalue weighted by Crippen LogP contribution is 2.12. The van der Waals surface area contributed by atoms with Crippen molar-refractivity contribution in [3.63, 3.8) is 0 Å². The van der Waals surface area contributed by atoms with Crippen molar-refractivity contribution in [1.82, 2.24) is 5.32 Å². The van der Waals surface area contributed by atoms with Gasteiger partial charge in [0.25, 0.3) is 0 Å². The first-order chi connectivity index (χ1) is 7.72. The monoisotopic (exact) mass is 221 g/mol. The lowest BCUT2D eigenvalue weighted by Crippen LogP contribution is -2.13. The number of benzene rings is 1. The van der Waals surface area contributed by atoms with Gasteiger partial charge in [0.2, 0.25) is 0 Å². The van der Waals surface area contributed by atoms with Crippen LogP contribution in [0.2, 0.25) is 0 Å². The number of carbonyl (C=O) groups is 1. The summed E-state index contributed by atoms with van der Waals surface area (Å²) in [6.45, 7) is 4.73. The van der Waals surface area contributed by atoms with Crippen LogP contribution in [-0.2, 0) is 11.3 Å². The first-order valence-electron chi connectivity index (χ1n) is 4.97. The summed E-state index contributed by atoms with van der Waals surface area (Å²) in [4.78, 5) is 10.3. The molecule has 0 heterocycles. The first-order valence-corrected chi connectivity index (χ1v) is 4.97. The highest BCUT2D eigenvalue weighted by Gasteiger charge is 2.00. The maximum absolute atomic E-state index is 10.3. The molecule has 1 aromatic carbocycles. The summed E-state index contributed by atoms with van der Waals surface area (Å²) in [5.41, 5.74) is 1.05. The molecule has 86 valence electrons. The first kappa shape index (κ1) is 12.3. The fourth-order valence-electron chi connectivity index (χ4n) is 1.21. The number of carboxylic acids is 1. The summed E-state index contributed by atoms with van der Waals surface area (Å²) in [6.07, 6.45) is 1.78. The minimum Gasteiger partial charge on any atom is -0.482 e. The molecule has 0 aliphatic carbocycles. The zero-order valence-electron chi connectivity index (χ0n) is 8.98. The third kappa shape index (κ3) is 4.61. The molecule has 1 aromatic rings. The SMILES string of the molecule is C=CCNCc1cccc(OCC(=O)O)c1. The third-order valence-corrected chi connectivity index (χ3v) is 1.88. The van der Waals surface area contributed by atoms with E-state index in [1.807, 2.05) is 18.2 Å². The molecule has 0 aliphatic heterocycles. The van der Waals surface area contributed by atoms with E-state index in [-0.39, 0.29) is 6.61 Å². The van der Waals surface area contributed by atoms with E-state index in [1.54, 1.807) is 12.1 Å². The molecule has 0 spiro atoms. The Morgan fingerprint density at radius 2 is 2.38 bits per heavy atom. The van der Waals surface area contributed by atoms with E-state index in [9.17, 15) is 4.79 Å². The Bertz CT molecular complexity index is 363. The quantitative estimate of drug-likeness (QED) is 0.540. The van der Waals surface area contributed by atoms with Crippen LogP contribution in [0.3, 0.4) is 0 Å². The minimum absolute atomic E-state index is 0.316. The van der Waals surface area contributed by atoms with Crippen molar-refractivity contribution in [3.8, 4) is 5.75 Å². The van der Waals surface area contributed by atoms with Crippen LogP contribution in [-0.4, -0.2) is 24.2 Å². The summed E-state index contributed by atoms with van der Waals surface area (Å²) in [5, 5.41) is 11.6. The Labute approximate surface area is 94.6 Å². The van der Waals surface area contributed by atoms with Gasteiger partial charge in [-0.15, -0.1) is 6.58 Å². The largest absolute Gasteiger partial charge is 0.482 e. The molecule has 0 fully saturated rings. The fraction of sp³-hybridized carbons (Fsp3) is 0.250. The molecule has 4 nitrogen and oxygen atoms in total. The number of rotatable bonds is 7. The third-order valence-electron chi connectivity index (χ3n) is 1.88. The van der Waals surface area contributed by atoms with E-state index in [2.05, 4.69) is 11.9 Å². The van der Waals surface area contributed by atoms with Gasteiger partial charge in [0, 0.05) is 13.1 Å². The summed E-state index contributed by atoms with van der Waals surface area (Å²) < 4.78 is 5.07. The Balaban J connectivity index is 2.49. The number of aliphatic carboxylic acids is 1. The van der Waals surface area contributed by atoms with Crippen molar-refractivity contribution in [2.45, 2.75) is 6.54 Å². The van der Waals surface area contributed by atoms with Crippen LogP contribution in [0.15, 0.2) is 36.9 Å². The van der Waals surface area contributed by atoms with Gasteiger partial charge in [0.15, 0.2) is 6.61 Å². The van der Waals surface area contributed by atoms with E-state index >= 15 is 0 Å². The van der Waals surface area contributed by atoms with Crippen LogP contribution < -0.4 is 10.1 Å². The molecular weight excluding hydrogens is 206 g/mol. The fourth-order valence-corrected chi connectivity index (χ4v) is 1.21. The lowest BCUT2D eigenvalue weighted by atomic mass is 10.2. The van der Waals surface area contributed by atoms with Crippen molar-refractivity contribution < 1.29 is 14.6 Å². The van der Waals surface area contributed by atoms with E-state index in [0.717, 1.165) is 12.1 Å². The molecule has 1 rings (SSSR count). The van der Waals surface area contributed by atoms with Crippen molar-refractivity contribution in [2.75, 3.05) is 13.2 Å². The smallest absolute Gasteiger partial charge is 0.341 e. The lowest BCUT2D eigenvalue weighted by Gasteiger charge is -2.06. The molecule has 0 saturated heterocycles. The molecule has 0 amide bonds. The second kappa shape index (κ2) is 6.63. The van der Waals surface area contributed by atoms with E-state index in [0.29, 0.717) is 12.3 Å². The molecular formula is C12H15NO3. The molecule has 0 unspecified atom stereocenters. The van der Waals surface area contributed by atoms with Gasteiger partial charge in [-0.05, 0) is 17.7 Å². The molecule has 2 N–H and O–H groups in total. The maximum atomic E-state index is 10.3. The summed E-state index contributed by atoms with van der Waals surface area (Å²) in [6, 6.07) is 7.34. The number of hydrogen-bond donors (Lipinski definition) is 2. The molecule has 0 radical (unpaired) electrons. The molecule has 0 aromatic heterocycles. The van der Waals surface area contributed by atoms with Crippen LogP contribution in [0.25, 0.3) is 0 Å². The Morgan fingerprint density at radius 3 is 3.06 bits per heavy atom. The Morgan fingerprint density at radius 1 is 1.56 bits per heavy atom. The zero-order chi connectivity index (χ0) is 11.8. The summed E-state index contributed by atoms with van der Waals surface area (Å²) in [5.74, 6) is -0.407. The van der Waals surface area contributed by atoms with Crippen LogP contribution in [0, 0.1) is 0 Å². The van der Waals surface area contributed by atoms with Gasteiger partial charge in [-0.3, -0.25) is 0 Å². The van der Waals surface area contributed by atoms with E-state index < -0.39 is 5.97 Å². The zero-order valence-corrected chi connectivity index (χ0v) is 8.98. The summed E-state index contributed by atoms with van der Waals surface area (Å²) in [7, 11) is 0. The molecule has 0 saturated carbocycles. The van der Waals surface area contributed by atoms with Crippen LogP contribution in [0.5, 0.6) is 5.75 Å². The van der Waals surface area contributed by atoms with Gasteiger partial charge < -0.3 is 15.2 Å². The van der Waals surface area contributed by atoms with E-state index in [4.69, 9.17) is 9.84 Å². The maximum Gasteiger partial charge on any atom is 0.341 e. The number of nitrogens with one attached hydrogen (secondary N) is 1. The van der Waals surface area contributed by atoms with Gasteiger partial charge in [-0.2, -0.15) is 0 Å². The van der Waals surface area contributed by atoms with Crippen molar-refractivity contribution in [1.29, 1.82) is 0 Å². The van der Waals surface area contributed by atoms with Crippen molar-refractivity contribution >= 4 is 5.97 Å². The molecule has 0 aliphatic rings. The second-order valence-electron chi connectivity index (χ2n) is 3.25. The highest BCUT2D eigenvalue weighted by molar-refractivity contribution is 5.68. The lowest BCUT2D eigenvalue weighted by molar-refractivity contribution is -0.139. The number of ether oxygens (including phenoxy) is 1. The van der Waals surface area contributed by atoms with Crippen molar-refractivity contribution in [3.05, 3.63) is 42.5 Å². The average molecular weight is 221 g/mol. The topological polar surface area (TPSA) is 58.6 Å². The van der Waals surface area contributed by atoms with Gasteiger partial charge in [0.05, 0.1) is 0 Å². The standard InChI is InChI=1S/C12H15NO3/c1-2-6-13-8-10-4-3-5-11(7-10)16-9-12(14)15/h2-5,7,13H,1,6,8-9H2,(H,14,15). The average Bonchev–Trinajstić information content (AvgIpc) is 2.27. The van der Waals surface area contributed by atoms with Gasteiger partial charge >= 0.3 is 5.97 Å². The molecule has 0 bridgehead atoms. The van der Waals surface area contributed by atoms with Gasteiger partial charge in [-0.25, -0.2) is 4.79 Å². The Hall–Kier alpha value is -1.81. The number of hydrogen-bond acceptors (Lipinski definition) is 3. The predicted octanol–water partition coefficient (Wildman–Crippen LogP) is 1.43. The molecule has 0 atom stereocenters. The predicted molar refractivity (Wildman–Crippen MR) is 61.5 cm³/mol. The highest BCUT2D eigenvalue weighted by atomic mass is 16.5. The van der Waals surface area contributed by atoms with Crippen LogP contribution >= 0.6 is 0 Å². The summed E-state index contributed by atoms with van der Waals surface area (Å²) >= 11 is 0. The van der Waals surface area contributed by atoms with Gasteiger partial charge in [-0.1, -0.05) is 18.2 Å². The normalized spacial score (nSPS) is 9.75. The Kier molecular flexibility index (Phi) is 5.08. The van der Waals surface area contributed by atoms with Crippen molar-refractivity contribution in [2.24, 2.45) is 0 Å². The second-order valence-corrected chi connectivity index (χ2v) is 3.25.